The van der Waals surface area contributed by atoms with E-state index in [4.69, 9.17) is 0 Å². The third-order valence-electron chi connectivity index (χ3n) is 6.85. The number of hydrogen-bond acceptors (Lipinski definition) is 4. The zero-order valence-corrected chi connectivity index (χ0v) is 20.7. The molecule has 0 atom stereocenters. The maximum absolute atomic E-state index is 13.4. The van der Waals surface area contributed by atoms with Crippen LogP contribution in [0, 0.1) is 13.8 Å². The largest absolute Gasteiger partial charge is 0.255 e. The number of fused-ring (bicyclic) bond motifs is 3. The summed E-state index contributed by atoms with van der Waals surface area (Å²) in [6.45, 7) is 3.73. The van der Waals surface area contributed by atoms with Gasteiger partial charge in [0, 0.05) is 11.1 Å². The van der Waals surface area contributed by atoms with Gasteiger partial charge in [-0.2, -0.15) is 0 Å². The lowest BCUT2D eigenvalue weighted by molar-refractivity contribution is 0.586. The average Bonchev–Trinajstić information content (AvgIpc) is 3.03. The molecule has 1 heterocycles. The Morgan fingerprint density at radius 1 is 0.514 bits per heavy atom. The van der Waals surface area contributed by atoms with Crippen LogP contribution in [0.25, 0.3) is 43.8 Å². The molecule has 0 bridgehead atoms. The predicted octanol–water partition coefficient (Wildman–Crippen LogP) is 5.92. The molecule has 0 fully saturated rings. The van der Waals surface area contributed by atoms with Crippen LogP contribution in [0.1, 0.15) is 11.1 Å². The van der Waals surface area contributed by atoms with Crippen LogP contribution in [-0.4, -0.2) is 16.8 Å². The van der Waals surface area contributed by atoms with E-state index in [2.05, 4.69) is 0 Å². The molecule has 35 heavy (non-hydrogen) atoms. The first kappa shape index (κ1) is 22.0. The highest BCUT2D eigenvalue weighted by Gasteiger charge is 2.44. The minimum absolute atomic E-state index is 0.181. The highest BCUT2D eigenvalue weighted by molar-refractivity contribution is 8.07. The van der Waals surface area contributed by atoms with Crippen molar-refractivity contribution in [2.45, 2.75) is 23.6 Å². The van der Waals surface area contributed by atoms with Crippen molar-refractivity contribution in [2.24, 2.45) is 0 Å². The molecule has 174 valence electrons. The second kappa shape index (κ2) is 7.49. The molecule has 7 heteroatoms. The Labute approximate surface area is 204 Å². The third-order valence-corrected chi connectivity index (χ3v) is 10.6. The number of rotatable bonds is 2. The molecule has 0 saturated carbocycles. The van der Waals surface area contributed by atoms with Gasteiger partial charge < -0.3 is 0 Å². The van der Waals surface area contributed by atoms with Gasteiger partial charge in [-0.1, -0.05) is 84.9 Å². The van der Waals surface area contributed by atoms with Crippen LogP contribution < -0.4 is 4.13 Å². The third kappa shape index (κ3) is 3.16. The van der Waals surface area contributed by atoms with Crippen LogP contribution in [0.3, 0.4) is 0 Å². The minimum atomic E-state index is -4.32. The highest BCUT2D eigenvalue weighted by Crippen LogP contribution is 2.49. The summed E-state index contributed by atoms with van der Waals surface area (Å²) in [6, 6.07) is 26.7. The molecule has 1 aliphatic rings. The first-order valence-corrected chi connectivity index (χ1v) is 14.1. The molecule has 1 aliphatic heterocycles. The summed E-state index contributed by atoms with van der Waals surface area (Å²) in [6.07, 6.45) is 0. The molecule has 1 N–H and O–H groups in total. The lowest BCUT2D eigenvalue weighted by atomic mass is 9.87. The summed E-state index contributed by atoms with van der Waals surface area (Å²) in [5, 5.41) is 3.61. The molecule has 0 spiro atoms. The Kier molecular flexibility index (Phi) is 4.70. The smallest absolute Gasteiger partial charge is 0.206 e. The number of benzene rings is 5. The van der Waals surface area contributed by atoms with Crippen molar-refractivity contribution >= 4 is 41.6 Å². The van der Waals surface area contributed by atoms with Gasteiger partial charge in [0.2, 0.25) is 0 Å². The van der Waals surface area contributed by atoms with Crippen LogP contribution in [0.5, 0.6) is 0 Å². The quantitative estimate of drug-likeness (QED) is 0.327. The fraction of sp³-hybridized carbons (Fsp3) is 0.0714. The maximum Gasteiger partial charge on any atom is 0.255 e. The van der Waals surface area contributed by atoms with Crippen molar-refractivity contribution in [3.63, 3.8) is 0 Å². The highest BCUT2D eigenvalue weighted by atomic mass is 32.3. The maximum atomic E-state index is 13.4. The first-order valence-electron chi connectivity index (χ1n) is 11.1. The number of sulfonamides is 2. The lowest BCUT2D eigenvalue weighted by Crippen LogP contribution is -2.21. The second-order valence-corrected chi connectivity index (χ2v) is 12.3. The summed E-state index contributed by atoms with van der Waals surface area (Å²) < 4.78 is 55.6. The summed E-state index contributed by atoms with van der Waals surface area (Å²) in [4.78, 5) is -0.361. The Balaban J connectivity index is 1.85. The van der Waals surface area contributed by atoms with Crippen LogP contribution in [-0.2, 0) is 20.0 Å². The van der Waals surface area contributed by atoms with E-state index in [1.807, 2.05) is 103 Å². The van der Waals surface area contributed by atoms with Gasteiger partial charge in [-0.25, -0.2) is 16.8 Å². The van der Waals surface area contributed by atoms with Crippen LogP contribution >= 0.6 is 0 Å². The standard InChI is InChI=1S/C28H21NO4S2/c1-17-18(2)26(24-16-8-12-20-10-4-6-14-22(20)24)28-27(34(30,31)29-35(28,32)33)25(17)23-15-7-11-19-9-3-5-13-21(19)23/h3-16,29H,1-2H3. The summed E-state index contributed by atoms with van der Waals surface area (Å²) >= 11 is 0. The van der Waals surface area contributed by atoms with Crippen molar-refractivity contribution in [1.29, 1.82) is 0 Å². The van der Waals surface area contributed by atoms with Crippen LogP contribution in [0.2, 0.25) is 0 Å². The van der Waals surface area contributed by atoms with Gasteiger partial charge in [-0.15, -0.1) is 4.13 Å². The molecular weight excluding hydrogens is 478 g/mol. The van der Waals surface area contributed by atoms with Crippen LogP contribution in [0.4, 0.5) is 0 Å². The summed E-state index contributed by atoms with van der Waals surface area (Å²) in [5.41, 5.74) is 3.67. The van der Waals surface area contributed by atoms with E-state index in [-0.39, 0.29) is 9.79 Å². The lowest BCUT2D eigenvalue weighted by Gasteiger charge is -2.20. The second-order valence-electron chi connectivity index (χ2n) is 8.80. The summed E-state index contributed by atoms with van der Waals surface area (Å²) in [5.74, 6) is 0. The molecule has 5 aromatic rings. The summed E-state index contributed by atoms with van der Waals surface area (Å²) in [7, 11) is -8.64. The molecule has 5 nitrogen and oxygen atoms in total. The Morgan fingerprint density at radius 2 is 0.886 bits per heavy atom. The van der Waals surface area contributed by atoms with Gasteiger partial charge in [0.05, 0.1) is 0 Å². The zero-order valence-electron chi connectivity index (χ0n) is 19.0. The SMILES string of the molecule is Cc1c(C)c(-c2cccc3ccccc23)c2c(c1-c1cccc3ccccc13)S(=O)(=O)NS2(=O)=O. The van der Waals surface area contributed by atoms with E-state index in [0.717, 1.165) is 32.7 Å². The van der Waals surface area contributed by atoms with Crippen molar-refractivity contribution < 1.29 is 16.8 Å². The first-order chi connectivity index (χ1) is 16.7. The van der Waals surface area contributed by atoms with E-state index >= 15 is 0 Å². The zero-order chi connectivity index (χ0) is 24.5. The molecule has 5 aromatic carbocycles. The molecule has 0 radical (unpaired) electrons. The number of hydrogen-bond donors (Lipinski definition) is 1. The fourth-order valence-corrected chi connectivity index (χ4v) is 9.45. The number of nitrogens with one attached hydrogen (secondary N) is 1. The van der Waals surface area contributed by atoms with Crippen LogP contribution in [0.15, 0.2) is 94.7 Å². The molecule has 0 aromatic heterocycles. The molecule has 0 saturated heterocycles. The molecule has 0 aliphatic carbocycles. The van der Waals surface area contributed by atoms with Gasteiger partial charge in [-0.3, -0.25) is 0 Å². The van der Waals surface area contributed by atoms with E-state index in [9.17, 15) is 16.8 Å². The average molecular weight is 500 g/mol. The molecule has 0 amide bonds. The molecule has 6 rings (SSSR count). The van der Waals surface area contributed by atoms with Crippen molar-refractivity contribution in [2.75, 3.05) is 0 Å². The monoisotopic (exact) mass is 499 g/mol. The fourth-order valence-electron chi connectivity index (χ4n) is 5.22. The van der Waals surface area contributed by atoms with Gasteiger partial charge >= 0.3 is 0 Å². The minimum Gasteiger partial charge on any atom is -0.206 e. The molecular formula is C28H21NO4S2. The Morgan fingerprint density at radius 3 is 1.31 bits per heavy atom. The van der Waals surface area contributed by atoms with E-state index < -0.39 is 20.0 Å². The van der Waals surface area contributed by atoms with Crippen molar-refractivity contribution in [3.8, 4) is 22.3 Å². The van der Waals surface area contributed by atoms with E-state index in [1.54, 1.807) is 0 Å². The Hall–Kier alpha value is -3.52. The Bertz CT molecular complexity index is 1770. The van der Waals surface area contributed by atoms with Gasteiger partial charge in [0.25, 0.3) is 20.0 Å². The predicted molar refractivity (Wildman–Crippen MR) is 139 cm³/mol. The van der Waals surface area contributed by atoms with Gasteiger partial charge in [0.15, 0.2) is 0 Å². The van der Waals surface area contributed by atoms with E-state index in [1.165, 1.54) is 0 Å². The normalized spacial score (nSPS) is 15.9. The van der Waals surface area contributed by atoms with Crippen molar-refractivity contribution in [1.82, 2.24) is 4.13 Å². The van der Waals surface area contributed by atoms with Crippen molar-refractivity contribution in [3.05, 3.63) is 96.1 Å². The molecule has 0 unspecified atom stereocenters. The van der Waals surface area contributed by atoms with E-state index in [0.29, 0.717) is 22.3 Å². The van der Waals surface area contributed by atoms with Gasteiger partial charge in [0.1, 0.15) is 9.79 Å². The van der Waals surface area contributed by atoms with Gasteiger partial charge in [-0.05, 0) is 57.6 Å². The topological polar surface area (TPSA) is 80.3 Å².